The third kappa shape index (κ3) is 4.07. The second kappa shape index (κ2) is 7.36. The molecule has 0 radical (unpaired) electrons. The van der Waals surface area contributed by atoms with Crippen molar-refractivity contribution in [1.29, 1.82) is 0 Å². The Bertz CT molecular complexity index is 784. The summed E-state index contributed by atoms with van der Waals surface area (Å²) in [6, 6.07) is 6.04. The number of amides is 1. The van der Waals surface area contributed by atoms with Crippen molar-refractivity contribution < 1.29 is 22.7 Å². The summed E-state index contributed by atoms with van der Waals surface area (Å²) in [6.45, 7) is 4.58. The number of nitrogens with zero attached hydrogens (tertiary/aromatic N) is 1. The molecule has 1 saturated heterocycles. The predicted octanol–water partition coefficient (Wildman–Crippen LogP) is 2.00. The van der Waals surface area contributed by atoms with Gasteiger partial charge in [-0.15, -0.1) is 0 Å². The van der Waals surface area contributed by atoms with Gasteiger partial charge < -0.3 is 10.1 Å². The number of ether oxygens (including phenoxy) is 1. The van der Waals surface area contributed by atoms with Crippen molar-refractivity contribution in [3.63, 3.8) is 0 Å². The highest BCUT2D eigenvalue weighted by atomic mass is 32.2. The first-order valence-electron chi connectivity index (χ1n) is 8.90. The van der Waals surface area contributed by atoms with Gasteiger partial charge in [-0.05, 0) is 56.4 Å². The summed E-state index contributed by atoms with van der Waals surface area (Å²) in [6.07, 6.45) is 1.66. The van der Waals surface area contributed by atoms with Crippen molar-refractivity contribution in [2.45, 2.75) is 44.1 Å². The van der Waals surface area contributed by atoms with Gasteiger partial charge in [0.15, 0.2) is 6.10 Å². The largest absolute Gasteiger partial charge is 0.452 e. The zero-order valence-electron chi connectivity index (χ0n) is 15.0. The minimum absolute atomic E-state index is 0.0969. The van der Waals surface area contributed by atoms with Crippen molar-refractivity contribution in [1.82, 2.24) is 4.31 Å². The Morgan fingerprint density at radius 3 is 2.31 bits per heavy atom. The van der Waals surface area contributed by atoms with Crippen LogP contribution in [0.5, 0.6) is 0 Å². The molecule has 8 heteroatoms. The highest BCUT2D eigenvalue weighted by molar-refractivity contribution is 7.89. The second-order valence-electron chi connectivity index (χ2n) is 7.02. The van der Waals surface area contributed by atoms with Crippen molar-refractivity contribution in [3.8, 4) is 0 Å². The smallest absolute Gasteiger partial charge is 0.309 e. The lowest BCUT2D eigenvalue weighted by Gasteiger charge is -2.16. The van der Waals surface area contributed by atoms with Crippen LogP contribution in [0.3, 0.4) is 0 Å². The van der Waals surface area contributed by atoms with Crippen LogP contribution in [0.2, 0.25) is 0 Å². The van der Waals surface area contributed by atoms with Gasteiger partial charge in [0, 0.05) is 18.8 Å². The maximum absolute atomic E-state index is 12.5. The van der Waals surface area contributed by atoms with Gasteiger partial charge in [-0.3, -0.25) is 9.59 Å². The lowest BCUT2D eigenvalue weighted by atomic mass is 10.3. The predicted molar refractivity (Wildman–Crippen MR) is 95.9 cm³/mol. The Morgan fingerprint density at radius 1 is 1.19 bits per heavy atom. The molecule has 1 saturated carbocycles. The fourth-order valence-corrected chi connectivity index (χ4v) is 4.51. The van der Waals surface area contributed by atoms with E-state index in [1.54, 1.807) is 12.1 Å². The molecule has 2 fully saturated rings. The van der Waals surface area contributed by atoms with Crippen LogP contribution in [0.25, 0.3) is 0 Å². The molecular formula is C18H24N2O5S. The topological polar surface area (TPSA) is 92.8 Å². The summed E-state index contributed by atoms with van der Waals surface area (Å²) in [5.74, 6) is -0.558. The molecule has 26 heavy (non-hydrogen) atoms. The number of carbonyl (C=O) groups is 2. The maximum Gasteiger partial charge on any atom is 0.309 e. The Labute approximate surface area is 153 Å². The molecule has 0 bridgehead atoms. The minimum Gasteiger partial charge on any atom is -0.452 e. The van der Waals surface area contributed by atoms with Crippen LogP contribution in [-0.4, -0.2) is 43.8 Å². The summed E-state index contributed by atoms with van der Waals surface area (Å²) in [7, 11) is -3.47. The third-order valence-electron chi connectivity index (χ3n) is 4.90. The SMILES string of the molecule is C[C@H](OC(=O)[C@H]1C[C@H]1C)C(=O)Nc1ccc(S(=O)(=O)N2CCCC2)cc1. The van der Waals surface area contributed by atoms with Crippen molar-refractivity contribution in [2.24, 2.45) is 11.8 Å². The van der Waals surface area contributed by atoms with Gasteiger partial charge >= 0.3 is 5.97 Å². The zero-order chi connectivity index (χ0) is 18.9. The van der Waals surface area contributed by atoms with Crippen LogP contribution >= 0.6 is 0 Å². The molecule has 0 aromatic heterocycles. The summed E-state index contributed by atoms with van der Waals surface area (Å²) >= 11 is 0. The molecule has 1 N–H and O–H groups in total. The average Bonchev–Trinajstić information content (AvgIpc) is 3.10. The van der Waals surface area contributed by atoms with E-state index in [9.17, 15) is 18.0 Å². The number of esters is 1. The second-order valence-corrected chi connectivity index (χ2v) is 8.96. The Hall–Kier alpha value is -1.93. The van der Waals surface area contributed by atoms with E-state index < -0.39 is 22.0 Å². The first-order valence-corrected chi connectivity index (χ1v) is 10.3. The van der Waals surface area contributed by atoms with E-state index in [1.807, 2.05) is 6.92 Å². The molecule has 1 aliphatic carbocycles. The van der Waals surface area contributed by atoms with Crippen LogP contribution in [-0.2, 0) is 24.3 Å². The van der Waals surface area contributed by atoms with Gasteiger partial charge in [0.1, 0.15) is 0 Å². The van der Waals surface area contributed by atoms with Crippen LogP contribution < -0.4 is 5.32 Å². The normalized spacial score (nSPS) is 24.1. The number of rotatable bonds is 6. The van der Waals surface area contributed by atoms with Crippen molar-refractivity contribution in [2.75, 3.05) is 18.4 Å². The molecule has 2 aliphatic rings. The zero-order valence-corrected chi connectivity index (χ0v) is 15.8. The number of hydrogen-bond acceptors (Lipinski definition) is 5. The Morgan fingerprint density at radius 2 is 1.77 bits per heavy atom. The molecule has 3 rings (SSSR count). The number of anilines is 1. The van der Waals surface area contributed by atoms with Gasteiger partial charge in [0.2, 0.25) is 10.0 Å². The molecular weight excluding hydrogens is 356 g/mol. The van der Waals surface area contributed by atoms with E-state index in [0.29, 0.717) is 24.7 Å². The third-order valence-corrected chi connectivity index (χ3v) is 6.81. The van der Waals surface area contributed by atoms with E-state index in [0.717, 1.165) is 19.3 Å². The molecule has 1 aromatic carbocycles. The highest BCUT2D eigenvalue weighted by Crippen LogP contribution is 2.38. The van der Waals surface area contributed by atoms with Gasteiger partial charge in [-0.1, -0.05) is 6.92 Å². The molecule has 3 atom stereocenters. The van der Waals surface area contributed by atoms with Crippen LogP contribution in [0.4, 0.5) is 5.69 Å². The molecule has 142 valence electrons. The minimum atomic E-state index is -3.47. The monoisotopic (exact) mass is 380 g/mol. The van der Waals surface area contributed by atoms with Gasteiger partial charge in [0.25, 0.3) is 5.91 Å². The van der Waals surface area contributed by atoms with Crippen LogP contribution in [0.1, 0.15) is 33.1 Å². The van der Waals surface area contributed by atoms with Crippen molar-refractivity contribution in [3.05, 3.63) is 24.3 Å². The average molecular weight is 380 g/mol. The summed E-state index contributed by atoms with van der Waals surface area (Å²) < 4.78 is 31.6. The number of hydrogen-bond donors (Lipinski definition) is 1. The molecule has 1 amide bonds. The molecule has 1 aromatic rings. The molecule has 1 heterocycles. The van der Waals surface area contributed by atoms with Crippen molar-refractivity contribution >= 4 is 27.6 Å². The molecule has 0 spiro atoms. The van der Waals surface area contributed by atoms with E-state index in [4.69, 9.17) is 4.74 Å². The first-order chi connectivity index (χ1) is 12.3. The highest BCUT2D eigenvalue weighted by Gasteiger charge is 2.41. The lowest BCUT2D eigenvalue weighted by molar-refractivity contribution is -0.154. The molecule has 7 nitrogen and oxygen atoms in total. The Balaban J connectivity index is 1.58. The van der Waals surface area contributed by atoms with E-state index in [2.05, 4.69) is 5.32 Å². The molecule has 1 aliphatic heterocycles. The van der Waals surface area contributed by atoms with E-state index >= 15 is 0 Å². The van der Waals surface area contributed by atoms with Crippen LogP contribution in [0, 0.1) is 11.8 Å². The summed E-state index contributed by atoms with van der Waals surface area (Å²) in [4.78, 5) is 24.1. The van der Waals surface area contributed by atoms with E-state index in [1.165, 1.54) is 23.4 Å². The van der Waals surface area contributed by atoms with Gasteiger partial charge in [-0.2, -0.15) is 4.31 Å². The maximum atomic E-state index is 12.5. The van der Waals surface area contributed by atoms with Crippen LogP contribution in [0.15, 0.2) is 29.2 Å². The first kappa shape index (κ1) is 18.8. The standard InChI is InChI=1S/C18H24N2O5S/c1-12-11-16(12)18(22)25-13(2)17(21)19-14-5-7-15(8-6-14)26(23,24)20-9-3-4-10-20/h5-8,12-13,16H,3-4,9-11H2,1-2H3,(H,19,21)/t12-,13+,16+/m1/s1. The Kier molecular flexibility index (Phi) is 5.34. The molecule has 0 unspecified atom stereocenters. The lowest BCUT2D eigenvalue weighted by Crippen LogP contribution is -2.30. The quantitative estimate of drug-likeness (QED) is 0.762. The van der Waals surface area contributed by atoms with Gasteiger partial charge in [-0.25, -0.2) is 8.42 Å². The summed E-state index contributed by atoms with van der Waals surface area (Å²) in [5, 5.41) is 2.64. The number of benzene rings is 1. The fourth-order valence-electron chi connectivity index (χ4n) is 3.00. The van der Waals surface area contributed by atoms with E-state index in [-0.39, 0.29) is 16.8 Å². The van der Waals surface area contributed by atoms with Gasteiger partial charge in [0.05, 0.1) is 10.8 Å². The number of sulfonamides is 1. The number of nitrogens with one attached hydrogen (secondary N) is 1. The fraction of sp³-hybridized carbons (Fsp3) is 0.556. The summed E-state index contributed by atoms with van der Waals surface area (Å²) in [5.41, 5.74) is 0.457. The number of carbonyl (C=O) groups excluding carboxylic acids is 2.